The van der Waals surface area contributed by atoms with Gasteiger partial charge in [0, 0.05) is 22.6 Å². The molecule has 0 radical (unpaired) electrons. The number of aromatic nitrogens is 1. The van der Waals surface area contributed by atoms with E-state index in [-0.39, 0.29) is 0 Å². The van der Waals surface area contributed by atoms with E-state index in [9.17, 15) is 0 Å². The minimum Gasteiger partial charge on any atom is -0.367 e. The summed E-state index contributed by atoms with van der Waals surface area (Å²) < 4.78 is 0.992. The van der Waals surface area contributed by atoms with E-state index in [1.165, 1.54) is 0 Å². The van der Waals surface area contributed by atoms with Gasteiger partial charge in [0.05, 0.1) is 0 Å². The van der Waals surface area contributed by atoms with E-state index in [1.807, 2.05) is 12.1 Å². The van der Waals surface area contributed by atoms with Crippen molar-refractivity contribution >= 4 is 33.3 Å². The molecule has 0 saturated carbocycles. The maximum Gasteiger partial charge on any atom is 0.126 e. The van der Waals surface area contributed by atoms with Crippen LogP contribution >= 0.6 is 27.5 Å². The van der Waals surface area contributed by atoms with Crippen LogP contribution in [0.5, 0.6) is 0 Å². The number of hydrogen-bond acceptors (Lipinski definition) is 2. The van der Waals surface area contributed by atoms with Crippen molar-refractivity contribution in [3.05, 3.63) is 22.8 Å². The third-order valence-corrected chi connectivity index (χ3v) is 2.97. The highest BCUT2D eigenvalue weighted by atomic mass is 79.9. The molecule has 1 unspecified atom stereocenters. The lowest BCUT2D eigenvalue weighted by Crippen LogP contribution is -2.26. The summed E-state index contributed by atoms with van der Waals surface area (Å²) in [5.41, 5.74) is 0. The van der Waals surface area contributed by atoms with Crippen molar-refractivity contribution in [1.82, 2.24) is 4.98 Å². The fourth-order valence-electron chi connectivity index (χ4n) is 1.34. The first-order valence-electron chi connectivity index (χ1n) is 5.07. The van der Waals surface area contributed by atoms with Crippen LogP contribution in [0.2, 0.25) is 0 Å². The van der Waals surface area contributed by atoms with Gasteiger partial charge in [-0.05, 0) is 40.4 Å². The van der Waals surface area contributed by atoms with E-state index in [4.69, 9.17) is 11.6 Å². The number of rotatable bonds is 5. The molecule has 0 aliphatic carbocycles. The topological polar surface area (TPSA) is 24.9 Å². The highest BCUT2D eigenvalue weighted by Crippen LogP contribution is 2.16. The van der Waals surface area contributed by atoms with Gasteiger partial charge in [-0.3, -0.25) is 0 Å². The van der Waals surface area contributed by atoms with Gasteiger partial charge in [0.15, 0.2) is 0 Å². The third kappa shape index (κ3) is 4.39. The largest absolute Gasteiger partial charge is 0.367 e. The Morgan fingerprint density at radius 3 is 2.67 bits per heavy atom. The summed E-state index contributed by atoms with van der Waals surface area (Å²) >= 11 is 9.12. The Bertz CT molecular complexity index is 287. The second kappa shape index (κ2) is 6.33. The van der Waals surface area contributed by atoms with Crippen LogP contribution in [0.4, 0.5) is 5.82 Å². The van der Waals surface area contributed by atoms with Crippen molar-refractivity contribution in [1.29, 1.82) is 0 Å². The van der Waals surface area contributed by atoms with E-state index < -0.39 is 0 Å². The summed E-state index contributed by atoms with van der Waals surface area (Å²) in [6.45, 7) is 4.37. The Morgan fingerprint density at radius 1 is 1.47 bits per heavy atom. The fourth-order valence-corrected chi connectivity index (χ4v) is 1.81. The molecule has 0 aromatic carbocycles. The van der Waals surface area contributed by atoms with Gasteiger partial charge in [0.25, 0.3) is 0 Å². The lowest BCUT2D eigenvalue weighted by atomic mass is 10.0. The number of alkyl halides is 1. The average molecular weight is 292 g/mol. The first kappa shape index (κ1) is 12.8. The number of hydrogen-bond donors (Lipinski definition) is 1. The Balaban J connectivity index is 2.61. The molecule has 0 fully saturated rings. The smallest absolute Gasteiger partial charge is 0.126 e. The summed E-state index contributed by atoms with van der Waals surface area (Å²) in [6, 6.07) is 4.33. The lowest BCUT2D eigenvalue weighted by Gasteiger charge is -2.21. The zero-order valence-electron chi connectivity index (χ0n) is 9.00. The first-order valence-corrected chi connectivity index (χ1v) is 6.40. The van der Waals surface area contributed by atoms with E-state index in [0.717, 1.165) is 16.7 Å². The van der Waals surface area contributed by atoms with Gasteiger partial charge in [-0.2, -0.15) is 0 Å². The molecule has 0 amide bonds. The number of nitrogens with one attached hydrogen (secondary N) is 1. The van der Waals surface area contributed by atoms with Gasteiger partial charge < -0.3 is 5.32 Å². The molecule has 2 nitrogen and oxygen atoms in total. The Kier molecular flexibility index (Phi) is 5.40. The van der Waals surface area contributed by atoms with Gasteiger partial charge in [-0.1, -0.05) is 13.8 Å². The molecule has 1 aromatic heterocycles. The molecular weight excluding hydrogens is 275 g/mol. The van der Waals surface area contributed by atoms with Crippen molar-refractivity contribution in [3.63, 3.8) is 0 Å². The highest BCUT2D eigenvalue weighted by molar-refractivity contribution is 9.10. The normalized spacial score (nSPS) is 12.9. The third-order valence-electron chi connectivity index (χ3n) is 2.29. The maximum atomic E-state index is 5.76. The minimum absolute atomic E-state index is 0.385. The van der Waals surface area contributed by atoms with Crippen molar-refractivity contribution in [2.75, 3.05) is 11.2 Å². The zero-order valence-corrected chi connectivity index (χ0v) is 11.3. The molecule has 4 heteroatoms. The highest BCUT2D eigenvalue weighted by Gasteiger charge is 2.12. The van der Waals surface area contributed by atoms with Crippen LogP contribution in [0, 0.1) is 5.92 Å². The molecule has 15 heavy (non-hydrogen) atoms. The van der Waals surface area contributed by atoms with E-state index in [0.29, 0.717) is 17.8 Å². The molecule has 0 spiro atoms. The predicted molar refractivity (Wildman–Crippen MR) is 69.5 cm³/mol. The van der Waals surface area contributed by atoms with E-state index in [2.05, 4.69) is 40.1 Å². The Hall–Kier alpha value is -0.280. The second-order valence-corrected chi connectivity index (χ2v) is 5.13. The number of nitrogens with zero attached hydrogens (tertiary/aromatic N) is 1. The van der Waals surface area contributed by atoms with Crippen LogP contribution in [0.3, 0.4) is 0 Å². The predicted octanol–water partition coefficient (Wildman–Crippen LogP) is 3.91. The van der Waals surface area contributed by atoms with Crippen molar-refractivity contribution in [2.45, 2.75) is 26.3 Å². The Morgan fingerprint density at radius 2 is 2.20 bits per heavy atom. The molecule has 1 aromatic rings. The van der Waals surface area contributed by atoms with Crippen molar-refractivity contribution in [2.24, 2.45) is 5.92 Å². The summed E-state index contributed by atoms with van der Waals surface area (Å²) in [5.74, 6) is 2.13. The summed E-state index contributed by atoms with van der Waals surface area (Å²) in [4.78, 5) is 4.28. The molecule has 1 heterocycles. The van der Waals surface area contributed by atoms with Gasteiger partial charge in [-0.15, -0.1) is 11.6 Å². The molecule has 1 N–H and O–H groups in total. The van der Waals surface area contributed by atoms with Crippen LogP contribution in [-0.2, 0) is 0 Å². The quantitative estimate of drug-likeness (QED) is 0.832. The molecule has 84 valence electrons. The van der Waals surface area contributed by atoms with E-state index >= 15 is 0 Å². The lowest BCUT2D eigenvalue weighted by molar-refractivity contribution is 0.512. The van der Waals surface area contributed by atoms with Gasteiger partial charge in [-0.25, -0.2) is 4.98 Å². The minimum atomic E-state index is 0.385. The molecule has 0 aliphatic heterocycles. The SMILES string of the molecule is CC(C)C(CCCl)Nc1ccc(Br)cn1. The van der Waals surface area contributed by atoms with E-state index in [1.54, 1.807) is 6.20 Å². The zero-order chi connectivity index (χ0) is 11.3. The van der Waals surface area contributed by atoms with Crippen molar-refractivity contribution < 1.29 is 0 Å². The summed E-state index contributed by atoms with van der Waals surface area (Å²) in [7, 11) is 0. The second-order valence-electron chi connectivity index (χ2n) is 3.83. The van der Waals surface area contributed by atoms with Gasteiger partial charge in [0.1, 0.15) is 5.82 Å². The molecule has 0 aliphatic rings. The van der Waals surface area contributed by atoms with Crippen LogP contribution in [0.25, 0.3) is 0 Å². The molecule has 1 rings (SSSR count). The molecule has 0 saturated heterocycles. The summed E-state index contributed by atoms with van der Waals surface area (Å²) in [5, 5.41) is 3.39. The molecule has 0 bridgehead atoms. The first-order chi connectivity index (χ1) is 7.13. The van der Waals surface area contributed by atoms with Crippen LogP contribution in [0.1, 0.15) is 20.3 Å². The molecule has 1 atom stereocenters. The number of halogens is 2. The standard InChI is InChI=1S/C11H16BrClN2/c1-8(2)10(5-6-13)15-11-4-3-9(12)7-14-11/h3-4,7-8,10H,5-6H2,1-2H3,(H,14,15). The van der Waals surface area contributed by atoms with Crippen LogP contribution in [0.15, 0.2) is 22.8 Å². The van der Waals surface area contributed by atoms with Gasteiger partial charge in [0.2, 0.25) is 0 Å². The maximum absolute atomic E-state index is 5.76. The summed E-state index contributed by atoms with van der Waals surface area (Å²) in [6.07, 6.45) is 2.75. The number of pyridine rings is 1. The van der Waals surface area contributed by atoms with Gasteiger partial charge >= 0.3 is 0 Å². The van der Waals surface area contributed by atoms with Crippen LogP contribution < -0.4 is 5.32 Å². The Labute approximate surface area is 105 Å². The fraction of sp³-hybridized carbons (Fsp3) is 0.545. The van der Waals surface area contributed by atoms with Crippen molar-refractivity contribution in [3.8, 4) is 0 Å². The average Bonchev–Trinajstić information content (AvgIpc) is 2.20. The number of anilines is 1. The monoisotopic (exact) mass is 290 g/mol. The molecular formula is C11H16BrClN2. The van der Waals surface area contributed by atoms with Crippen LogP contribution in [-0.4, -0.2) is 16.9 Å².